The fourth-order valence-corrected chi connectivity index (χ4v) is 1.89. The molecular weight excluding hydrogens is 294 g/mol. The van der Waals surface area contributed by atoms with Crippen molar-refractivity contribution >= 4 is 17.6 Å². The number of benzene rings is 2. The number of nitro benzene ring substituents is 1. The van der Waals surface area contributed by atoms with Crippen LogP contribution in [0.15, 0.2) is 53.6 Å². The summed E-state index contributed by atoms with van der Waals surface area (Å²) in [5, 5.41) is 14.9. The molecule has 0 amide bonds. The highest BCUT2D eigenvalue weighted by atomic mass is 16.6. The molecule has 0 aliphatic carbocycles. The summed E-state index contributed by atoms with van der Waals surface area (Å²) in [6.07, 6.45) is 3.73. The quantitative estimate of drug-likeness (QED) is 0.342. The Morgan fingerprint density at radius 1 is 1.22 bits per heavy atom. The van der Waals surface area contributed by atoms with E-state index in [4.69, 9.17) is 4.74 Å². The SMILES string of the molecule is CCCCOc1ccc(/C=N\Nc2ccccc2[N+](=O)[O-])cc1. The van der Waals surface area contributed by atoms with E-state index < -0.39 is 4.92 Å². The van der Waals surface area contributed by atoms with Crippen LogP contribution in [0.1, 0.15) is 25.3 Å². The highest BCUT2D eigenvalue weighted by molar-refractivity contribution is 5.80. The van der Waals surface area contributed by atoms with Crippen molar-refractivity contribution in [2.24, 2.45) is 5.10 Å². The summed E-state index contributed by atoms with van der Waals surface area (Å²) >= 11 is 0. The largest absolute Gasteiger partial charge is 0.494 e. The Morgan fingerprint density at radius 2 is 1.96 bits per heavy atom. The minimum absolute atomic E-state index is 0.00989. The highest BCUT2D eigenvalue weighted by Crippen LogP contribution is 2.22. The van der Waals surface area contributed by atoms with E-state index in [1.165, 1.54) is 6.07 Å². The Bertz CT molecular complexity index is 669. The van der Waals surface area contributed by atoms with Gasteiger partial charge in [0.25, 0.3) is 5.69 Å². The van der Waals surface area contributed by atoms with Gasteiger partial charge in [0.2, 0.25) is 0 Å². The van der Waals surface area contributed by atoms with Crippen molar-refractivity contribution < 1.29 is 9.66 Å². The zero-order valence-electron chi connectivity index (χ0n) is 12.9. The van der Waals surface area contributed by atoms with Crippen LogP contribution < -0.4 is 10.2 Å². The predicted octanol–water partition coefficient (Wildman–Crippen LogP) is 4.22. The van der Waals surface area contributed by atoms with Crippen LogP contribution in [-0.4, -0.2) is 17.7 Å². The third kappa shape index (κ3) is 5.10. The molecule has 0 radical (unpaired) electrons. The van der Waals surface area contributed by atoms with Crippen molar-refractivity contribution in [1.82, 2.24) is 0 Å². The van der Waals surface area contributed by atoms with E-state index in [-0.39, 0.29) is 5.69 Å². The third-order valence-corrected chi connectivity index (χ3v) is 3.15. The van der Waals surface area contributed by atoms with Crippen LogP contribution in [0.3, 0.4) is 0 Å². The van der Waals surface area contributed by atoms with Gasteiger partial charge in [0, 0.05) is 6.07 Å². The number of nitro groups is 1. The Hall–Kier alpha value is -2.89. The lowest BCUT2D eigenvalue weighted by molar-refractivity contribution is -0.384. The van der Waals surface area contributed by atoms with Gasteiger partial charge in [-0.3, -0.25) is 15.5 Å². The van der Waals surface area contributed by atoms with Gasteiger partial charge in [-0.05, 0) is 42.3 Å². The summed E-state index contributed by atoms with van der Waals surface area (Å²) < 4.78 is 5.58. The van der Waals surface area contributed by atoms with Crippen molar-refractivity contribution in [3.63, 3.8) is 0 Å². The molecule has 120 valence electrons. The summed E-state index contributed by atoms with van der Waals surface area (Å²) in [5.41, 5.74) is 3.92. The van der Waals surface area contributed by atoms with Crippen molar-refractivity contribution in [3.8, 4) is 5.75 Å². The maximum atomic E-state index is 10.9. The maximum absolute atomic E-state index is 10.9. The molecule has 0 bridgehead atoms. The van der Waals surface area contributed by atoms with Gasteiger partial charge in [-0.2, -0.15) is 5.10 Å². The zero-order chi connectivity index (χ0) is 16.5. The Labute approximate surface area is 134 Å². The highest BCUT2D eigenvalue weighted by Gasteiger charge is 2.10. The number of para-hydroxylation sites is 2. The number of nitrogens with zero attached hydrogens (tertiary/aromatic N) is 2. The number of anilines is 1. The van der Waals surface area contributed by atoms with Crippen LogP contribution in [-0.2, 0) is 0 Å². The molecule has 0 saturated carbocycles. The van der Waals surface area contributed by atoms with Gasteiger partial charge in [-0.1, -0.05) is 25.5 Å². The molecule has 2 aromatic rings. The Balaban J connectivity index is 1.94. The van der Waals surface area contributed by atoms with E-state index in [0.29, 0.717) is 12.3 Å². The number of unbranched alkanes of at least 4 members (excludes halogenated alkanes) is 1. The second-order valence-electron chi connectivity index (χ2n) is 4.92. The number of rotatable bonds is 8. The van der Waals surface area contributed by atoms with Crippen molar-refractivity contribution in [2.75, 3.05) is 12.0 Å². The fourth-order valence-electron chi connectivity index (χ4n) is 1.89. The molecule has 0 heterocycles. The first-order chi connectivity index (χ1) is 11.2. The molecule has 6 heteroatoms. The average Bonchev–Trinajstić information content (AvgIpc) is 2.57. The first-order valence-corrected chi connectivity index (χ1v) is 7.46. The molecule has 0 aliphatic heterocycles. The molecule has 0 aliphatic rings. The van der Waals surface area contributed by atoms with Gasteiger partial charge in [0.1, 0.15) is 11.4 Å². The van der Waals surface area contributed by atoms with Gasteiger partial charge in [-0.15, -0.1) is 0 Å². The molecule has 0 aromatic heterocycles. The lowest BCUT2D eigenvalue weighted by atomic mass is 10.2. The molecule has 0 spiro atoms. The molecule has 6 nitrogen and oxygen atoms in total. The van der Waals surface area contributed by atoms with Crippen molar-refractivity contribution in [1.29, 1.82) is 0 Å². The van der Waals surface area contributed by atoms with Gasteiger partial charge < -0.3 is 4.74 Å². The van der Waals surface area contributed by atoms with Crippen LogP contribution in [0.5, 0.6) is 5.75 Å². The summed E-state index contributed by atoms with van der Waals surface area (Å²) in [7, 11) is 0. The molecule has 2 rings (SSSR count). The third-order valence-electron chi connectivity index (χ3n) is 3.15. The van der Waals surface area contributed by atoms with Crippen LogP contribution in [0, 0.1) is 10.1 Å². The first-order valence-electron chi connectivity index (χ1n) is 7.46. The minimum Gasteiger partial charge on any atom is -0.494 e. The second kappa shape index (κ2) is 8.53. The van der Waals surface area contributed by atoms with Crippen LogP contribution in [0.4, 0.5) is 11.4 Å². The topological polar surface area (TPSA) is 76.8 Å². The maximum Gasteiger partial charge on any atom is 0.294 e. The molecule has 0 unspecified atom stereocenters. The number of hydrogen-bond acceptors (Lipinski definition) is 5. The Kier molecular flexibility index (Phi) is 6.11. The van der Waals surface area contributed by atoms with E-state index in [2.05, 4.69) is 17.5 Å². The minimum atomic E-state index is -0.444. The van der Waals surface area contributed by atoms with Crippen molar-refractivity contribution in [3.05, 3.63) is 64.2 Å². The molecule has 23 heavy (non-hydrogen) atoms. The molecule has 0 fully saturated rings. The van der Waals surface area contributed by atoms with E-state index in [0.717, 1.165) is 24.2 Å². The molecule has 0 saturated heterocycles. The monoisotopic (exact) mass is 313 g/mol. The smallest absolute Gasteiger partial charge is 0.294 e. The van der Waals surface area contributed by atoms with Crippen LogP contribution in [0.2, 0.25) is 0 Å². The lowest BCUT2D eigenvalue weighted by Gasteiger charge is -2.05. The summed E-state index contributed by atoms with van der Waals surface area (Å²) in [6, 6.07) is 13.9. The van der Waals surface area contributed by atoms with Gasteiger partial charge in [-0.25, -0.2) is 0 Å². The number of hydrogen-bond donors (Lipinski definition) is 1. The molecule has 0 atom stereocenters. The second-order valence-corrected chi connectivity index (χ2v) is 4.92. The summed E-state index contributed by atoms with van der Waals surface area (Å²) in [4.78, 5) is 10.5. The summed E-state index contributed by atoms with van der Waals surface area (Å²) in [5.74, 6) is 0.822. The van der Waals surface area contributed by atoms with Gasteiger partial charge in [0.05, 0.1) is 17.7 Å². The molecule has 1 N–H and O–H groups in total. The van der Waals surface area contributed by atoms with Crippen LogP contribution in [0.25, 0.3) is 0 Å². The zero-order valence-corrected chi connectivity index (χ0v) is 12.9. The molecular formula is C17H19N3O3. The average molecular weight is 313 g/mol. The van der Waals surface area contributed by atoms with E-state index >= 15 is 0 Å². The molecule has 2 aromatic carbocycles. The number of nitrogens with one attached hydrogen (secondary N) is 1. The normalized spacial score (nSPS) is 10.7. The fraction of sp³-hybridized carbons (Fsp3) is 0.235. The van der Waals surface area contributed by atoms with Crippen molar-refractivity contribution in [2.45, 2.75) is 19.8 Å². The van der Waals surface area contributed by atoms with Gasteiger partial charge >= 0.3 is 0 Å². The predicted molar refractivity (Wildman–Crippen MR) is 91.2 cm³/mol. The van der Waals surface area contributed by atoms with Gasteiger partial charge in [0.15, 0.2) is 0 Å². The number of ether oxygens (including phenoxy) is 1. The van der Waals surface area contributed by atoms with E-state index in [9.17, 15) is 10.1 Å². The summed E-state index contributed by atoms with van der Waals surface area (Å²) in [6.45, 7) is 2.83. The van der Waals surface area contributed by atoms with E-state index in [1.807, 2.05) is 24.3 Å². The van der Waals surface area contributed by atoms with E-state index in [1.54, 1.807) is 24.4 Å². The Morgan fingerprint density at radius 3 is 2.65 bits per heavy atom. The standard InChI is InChI=1S/C17H19N3O3/c1-2-3-12-23-15-10-8-14(9-11-15)13-18-19-16-6-4-5-7-17(16)20(21)22/h4-11,13,19H,2-3,12H2,1H3/b18-13-. The lowest BCUT2D eigenvalue weighted by Crippen LogP contribution is -1.97. The first kappa shape index (κ1) is 16.5. The van der Waals surface area contributed by atoms with Crippen LogP contribution >= 0.6 is 0 Å². The number of hydrazone groups is 1.